The molecule has 0 rings (SSSR count). The van der Waals surface area contributed by atoms with Gasteiger partial charge in [-0.3, -0.25) is 10.2 Å². The second kappa shape index (κ2) is 10.6. The summed E-state index contributed by atoms with van der Waals surface area (Å²) < 4.78 is 0. The fourth-order valence-electron chi connectivity index (χ4n) is 0.123. The molecule has 6 heteroatoms. The second-order valence-corrected chi connectivity index (χ2v) is 0.902. The zero-order valence-corrected chi connectivity index (χ0v) is 6.32. The Morgan fingerprint density at radius 2 is 2.22 bits per heavy atom. The zero-order valence-electron chi connectivity index (χ0n) is 4.53. The summed E-state index contributed by atoms with van der Waals surface area (Å²) in [6.45, 7) is 0. The SMILES string of the molecule is N#CCC(=O)NN.SS. The highest BCUT2D eigenvalue weighted by Crippen LogP contribution is 1.68. The van der Waals surface area contributed by atoms with Crippen molar-refractivity contribution in [3.05, 3.63) is 0 Å². The van der Waals surface area contributed by atoms with Crippen LogP contribution in [-0.4, -0.2) is 5.91 Å². The Balaban J connectivity index is 0. The van der Waals surface area contributed by atoms with E-state index in [1.54, 1.807) is 11.5 Å². The number of hydrogen-bond acceptors (Lipinski definition) is 5. The van der Waals surface area contributed by atoms with Crippen molar-refractivity contribution >= 4 is 29.2 Å². The summed E-state index contributed by atoms with van der Waals surface area (Å²) in [5.74, 6) is 4.15. The van der Waals surface area contributed by atoms with E-state index in [0.717, 1.165) is 0 Å². The maximum Gasteiger partial charge on any atom is 0.248 e. The Bertz CT molecular complexity index is 110. The number of amides is 1. The van der Waals surface area contributed by atoms with Crippen LogP contribution in [0.2, 0.25) is 0 Å². The summed E-state index contributed by atoms with van der Waals surface area (Å²) in [5, 5.41) is 7.80. The molecule has 0 saturated heterocycles. The number of nitrogens with zero attached hydrogens (tertiary/aromatic N) is 1. The minimum absolute atomic E-state index is 0.170. The first kappa shape index (κ1) is 11.4. The first-order valence-corrected chi connectivity index (χ1v) is 3.47. The van der Waals surface area contributed by atoms with Crippen LogP contribution in [0.15, 0.2) is 0 Å². The molecule has 0 aromatic heterocycles. The lowest BCUT2D eigenvalue weighted by molar-refractivity contribution is -0.120. The normalized spacial score (nSPS) is 6.00. The van der Waals surface area contributed by atoms with Crippen molar-refractivity contribution in [2.75, 3.05) is 0 Å². The quantitative estimate of drug-likeness (QED) is 0.141. The Morgan fingerprint density at radius 1 is 1.78 bits per heavy atom. The molecule has 0 bridgehead atoms. The predicted octanol–water partition coefficient (Wildman–Crippen LogP) is -0.349. The number of nitriles is 1. The number of rotatable bonds is 1. The van der Waals surface area contributed by atoms with E-state index in [1.807, 2.05) is 0 Å². The fourth-order valence-corrected chi connectivity index (χ4v) is 0.123. The van der Waals surface area contributed by atoms with Crippen molar-refractivity contribution in [1.29, 1.82) is 5.26 Å². The van der Waals surface area contributed by atoms with E-state index >= 15 is 0 Å². The molecule has 52 valence electrons. The van der Waals surface area contributed by atoms with E-state index in [2.05, 4.69) is 29.2 Å². The van der Waals surface area contributed by atoms with Gasteiger partial charge < -0.3 is 0 Å². The Morgan fingerprint density at radius 3 is 2.33 bits per heavy atom. The highest BCUT2D eigenvalue weighted by molar-refractivity contribution is 8.59. The van der Waals surface area contributed by atoms with Crippen molar-refractivity contribution in [2.45, 2.75) is 6.42 Å². The maximum atomic E-state index is 9.95. The summed E-state index contributed by atoms with van der Waals surface area (Å²) in [6.07, 6.45) is -0.170. The third-order valence-corrected chi connectivity index (χ3v) is 0.401. The summed E-state index contributed by atoms with van der Waals surface area (Å²) in [5.41, 5.74) is 1.80. The third-order valence-electron chi connectivity index (χ3n) is 0.401. The molecule has 0 fully saturated rings. The van der Waals surface area contributed by atoms with Crippen LogP contribution >= 0.6 is 23.3 Å². The van der Waals surface area contributed by atoms with Gasteiger partial charge in [-0.2, -0.15) is 5.26 Å². The lowest BCUT2D eigenvalue weighted by atomic mass is 10.5. The molecule has 0 radical (unpaired) electrons. The van der Waals surface area contributed by atoms with Gasteiger partial charge in [-0.05, 0) is 0 Å². The molecule has 1 amide bonds. The number of carbonyl (C=O) groups is 1. The lowest BCUT2D eigenvalue weighted by Gasteiger charge is -1.85. The average molecular weight is 165 g/mol. The van der Waals surface area contributed by atoms with Crippen LogP contribution in [0.3, 0.4) is 0 Å². The molecular formula is C3H7N3OS2. The third kappa shape index (κ3) is 11.3. The zero-order chi connectivity index (χ0) is 7.70. The van der Waals surface area contributed by atoms with Crippen molar-refractivity contribution < 1.29 is 4.79 Å². The summed E-state index contributed by atoms with van der Waals surface area (Å²) in [6, 6.07) is 1.63. The first-order valence-electron chi connectivity index (χ1n) is 1.87. The van der Waals surface area contributed by atoms with Crippen molar-refractivity contribution in [2.24, 2.45) is 5.84 Å². The Kier molecular flexibility index (Phi) is 13.4. The van der Waals surface area contributed by atoms with Gasteiger partial charge in [0.05, 0.1) is 6.07 Å². The van der Waals surface area contributed by atoms with Gasteiger partial charge in [0.15, 0.2) is 0 Å². The topological polar surface area (TPSA) is 78.9 Å². The first-order chi connectivity index (χ1) is 4.31. The Labute approximate surface area is 63.6 Å². The molecule has 3 N–H and O–H groups in total. The van der Waals surface area contributed by atoms with E-state index in [9.17, 15) is 4.79 Å². The predicted molar refractivity (Wildman–Crippen MR) is 40.5 cm³/mol. The number of hydrogen-bond donors (Lipinski definition) is 4. The minimum Gasteiger partial charge on any atom is -0.293 e. The molecule has 0 aliphatic rings. The van der Waals surface area contributed by atoms with Gasteiger partial charge in [0.1, 0.15) is 6.42 Å². The van der Waals surface area contributed by atoms with Gasteiger partial charge >= 0.3 is 0 Å². The lowest BCUT2D eigenvalue weighted by Crippen LogP contribution is -2.29. The van der Waals surface area contributed by atoms with Crippen LogP contribution in [0.25, 0.3) is 0 Å². The largest absolute Gasteiger partial charge is 0.293 e. The molecule has 0 aromatic rings. The second-order valence-electron chi connectivity index (χ2n) is 0.902. The van der Waals surface area contributed by atoms with Gasteiger partial charge in [0, 0.05) is 0 Å². The fraction of sp³-hybridized carbons (Fsp3) is 0.333. The number of hydrazine groups is 1. The standard InChI is InChI=1S/C3H5N3O.H2S2/c4-2-1-3(7)6-5;1-2/h1,5H2,(H,6,7);1-2H. The molecule has 0 heterocycles. The van der Waals surface area contributed by atoms with E-state index in [4.69, 9.17) is 5.26 Å². The average Bonchev–Trinajstić information content (AvgIpc) is 1.93. The maximum absolute atomic E-state index is 9.95. The van der Waals surface area contributed by atoms with Crippen LogP contribution < -0.4 is 11.3 Å². The van der Waals surface area contributed by atoms with Gasteiger partial charge in [-0.15, -0.1) is 23.3 Å². The molecule has 0 unspecified atom stereocenters. The van der Waals surface area contributed by atoms with Crippen LogP contribution in [0.1, 0.15) is 6.42 Å². The monoisotopic (exact) mass is 165 g/mol. The molecule has 0 atom stereocenters. The number of nitrogens with two attached hydrogens (primary N) is 1. The van der Waals surface area contributed by atoms with Crippen molar-refractivity contribution in [1.82, 2.24) is 5.43 Å². The van der Waals surface area contributed by atoms with Crippen LogP contribution in [-0.2, 0) is 4.79 Å². The molecule has 0 spiro atoms. The molecule has 0 aromatic carbocycles. The van der Waals surface area contributed by atoms with Gasteiger partial charge in [-0.1, -0.05) is 0 Å². The highest BCUT2D eigenvalue weighted by atomic mass is 33.1. The van der Waals surface area contributed by atoms with Gasteiger partial charge in [0.2, 0.25) is 5.91 Å². The van der Waals surface area contributed by atoms with Crippen LogP contribution in [0.5, 0.6) is 0 Å². The molecular weight excluding hydrogens is 158 g/mol. The van der Waals surface area contributed by atoms with Crippen LogP contribution in [0.4, 0.5) is 0 Å². The van der Waals surface area contributed by atoms with E-state index in [-0.39, 0.29) is 6.42 Å². The molecule has 4 nitrogen and oxygen atoms in total. The molecule has 0 aliphatic carbocycles. The van der Waals surface area contributed by atoms with E-state index in [1.165, 1.54) is 0 Å². The Hall–Kier alpha value is -0.380. The highest BCUT2D eigenvalue weighted by Gasteiger charge is 1.90. The van der Waals surface area contributed by atoms with Crippen LogP contribution in [0, 0.1) is 11.3 Å². The number of carbonyl (C=O) groups excluding carboxylic acids is 1. The summed E-state index contributed by atoms with van der Waals surface area (Å²) in [4.78, 5) is 9.95. The number of nitrogens with one attached hydrogen (secondary N) is 1. The van der Waals surface area contributed by atoms with Crippen molar-refractivity contribution in [3.63, 3.8) is 0 Å². The van der Waals surface area contributed by atoms with Gasteiger partial charge in [-0.25, -0.2) is 5.84 Å². The molecule has 9 heavy (non-hydrogen) atoms. The molecule has 0 aliphatic heterocycles. The van der Waals surface area contributed by atoms with E-state index in [0.29, 0.717) is 0 Å². The van der Waals surface area contributed by atoms with Crippen molar-refractivity contribution in [3.8, 4) is 6.07 Å². The summed E-state index contributed by atoms with van der Waals surface area (Å²) >= 11 is 6.44. The number of thiol groups is 2. The van der Waals surface area contributed by atoms with Gasteiger partial charge in [0.25, 0.3) is 0 Å². The smallest absolute Gasteiger partial charge is 0.248 e. The van der Waals surface area contributed by atoms with E-state index < -0.39 is 5.91 Å². The minimum atomic E-state index is -0.456. The molecule has 0 saturated carbocycles. The summed E-state index contributed by atoms with van der Waals surface area (Å²) in [7, 11) is 0.